The van der Waals surface area contributed by atoms with Crippen molar-refractivity contribution in [3.05, 3.63) is 35.4 Å². The van der Waals surface area contributed by atoms with E-state index in [0.717, 1.165) is 19.5 Å². The fraction of sp³-hybridized carbons (Fsp3) is 0.571. The van der Waals surface area contributed by atoms with Crippen molar-refractivity contribution < 1.29 is 0 Å². The highest BCUT2D eigenvalue weighted by molar-refractivity contribution is 6.20. The van der Waals surface area contributed by atoms with Crippen molar-refractivity contribution in [3.8, 4) is 0 Å². The van der Waals surface area contributed by atoms with E-state index in [1.807, 2.05) is 0 Å². The van der Waals surface area contributed by atoms with E-state index in [1.54, 1.807) is 0 Å². The van der Waals surface area contributed by atoms with E-state index in [4.69, 9.17) is 11.6 Å². The molecule has 1 aromatic carbocycles. The molecule has 0 saturated carbocycles. The van der Waals surface area contributed by atoms with Crippen LogP contribution in [-0.2, 0) is 6.54 Å². The molecule has 0 spiro atoms. The molecule has 0 bridgehead atoms. The molecule has 16 heavy (non-hydrogen) atoms. The Hall–Kier alpha value is -0.530. The van der Waals surface area contributed by atoms with Gasteiger partial charge in [0.1, 0.15) is 0 Å². The average Bonchev–Trinajstić information content (AvgIpc) is 2.20. The Morgan fingerprint density at radius 3 is 2.38 bits per heavy atom. The lowest BCUT2D eigenvalue weighted by Gasteiger charge is -2.13. The molecule has 90 valence electrons. The second-order valence-corrected chi connectivity index (χ2v) is 5.46. The molecule has 0 aromatic heterocycles. The van der Waals surface area contributed by atoms with Gasteiger partial charge in [0.15, 0.2) is 0 Å². The number of hydrogen-bond donors (Lipinski definition) is 1. The van der Waals surface area contributed by atoms with Gasteiger partial charge in [0.05, 0.1) is 0 Å². The van der Waals surface area contributed by atoms with E-state index >= 15 is 0 Å². The largest absolute Gasteiger partial charge is 0.311 e. The summed E-state index contributed by atoms with van der Waals surface area (Å²) in [6, 6.07) is 8.61. The Balaban J connectivity index is 2.22. The highest BCUT2D eigenvalue weighted by Gasteiger charge is 2.06. The maximum atomic E-state index is 6.20. The molecule has 1 rings (SSSR count). The van der Waals surface area contributed by atoms with Gasteiger partial charge in [-0.1, -0.05) is 43.7 Å². The Kier molecular flexibility index (Phi) is 5.86. The van der Waals surface area contributed by atoms with Gasteiger partial charge in [-0.05, 0) is 24.8 Å². The van der Waals surface area contributed by atoms with Crippen LogP contribution in [0.5, 0.6) is 0 Å². The van der Waals surface area contributed by atoms with Crippen molar-refractivity contribution in [1.82, 2.24) is 5.32 Å². The van der Waals surface area contributed by atoms with Crippen LogP contribution in [0, 0.1) is 12.8 Å². The Bertz CT molecular complexity index is 292. The molecule has 0 heterocycles. The fourth-order valence-electron chi connectivity index (χ4n) is 1.67. The minimum Gasteiger partial charge on any atom is -0.311 e. The quantitative estimate of drug-likeness (QED) is 0.746. The van der Waals surface area contributed by atoms with E-state index in [1.165, 1.54) is 11.1 Å². The molecule has 0 amide bonds. The molecule has 0 fully saturated rings. The zero-order chi connectivity index (χ0) is 12.0. The zero-order valence-electron chi connectivity index (χ0n) is 10.5. The standard InChI is InChI=1S/C14H22ClN/c1-11(2)8-14(15)10-16-9-13-6-4-12(3)5-7-13/h4-7,11,14,16H,8-10H2,1-3H3. The molecule has 1 nitrogen and oxygen atoms in total. The van der Waals surface area contributed by atoms with Gasteiger partial charge in [-0.3, -0.25) is 0 Å². The summed E-state index contributed by atoms with van der Waals surface area (Å²) in [6.45, 7) is 8.30. The third kappa shape index (κ3) is 5.53. The number of alkyl halides is 1. The topological polar surface area (TPSA) is 12.0 Å². The highest BCUT2D eigenvalue weighted by atomic mass is 35.5. The molecular formula is C14H22ClN. The van der Waals surface area contributed by atoms with E-state index < -0.39 is 0 Å². The summed E-state index contributed by atoms with van der Waals surface area (Å²) >= 11 is 6.20. The summed E-state index contributed by atoms with van der Waals surface area (Å²) in [6.07, 6.45) is 1.07. The maximum Gasteiger partial charge on any atom is 0.0463 e. The first-order chi connectivity index (χ1) is 7.58. The molecule has 0 aliphatic heterocycles. The van der Waals surface area contributed by atoms with Crippen LogP contribution in [0.15, 0.2) is 24.3 Å². The lowest BCUT2D eigenvalue weighted by molar-refractivity contribution is 0.533. The van der Waals surface area contributed by atoms with Crippen molar-refractivity contribution in [2.45, 2.75) is 39.1 Å². The summed E-state index contributed by atoms with van der Waals surface area (Å²) in [7, 11) is 0. The summed E-state index contributed by atoms with van der Waals surface area (Å²) in [5, 5.41) is 3.64. The van der Waals surface area contributed by atoms with Crippen LogP contribution >= 0.6 is 11.6 Å². The molecular weight excluding hydrogens is 218 g/mol. The lowest BCUT2D eigenvalue weighted by Crippen LogP contribution is -2.23. The van der Waals surface area contributed by atoms with Gasteiger partial charge in [0.25, 0.3) is 0 Å². The monoisotopic (exact) mass is 239 g/mol. The van der Waals surface area contributed by atoms with Gasteiger partial charge in [-0.2, -0.15) is 0 Å². The Morgan fingerprint density at radius 2 is 1.81 bits per heavy atom. The van der Waals surface area contributed by atoms with E-state index in [0.29, 0.717) is 5.92 Å². The Labute approximate surface area is 104 Å². The third-order valence-electron chi connectivity index (χ3n) is 2.54. The van der Waals surface area contributed by atoms with Crippen LogP contribution in [0.1, 0.15) is 31.4 Å². The normalized spacial score (nSPS) is 13.1. The summed E-state index contributed by atoms with van der Waals surface area (Å²) in [5.41, 5.74) is 2.62. The van der Waals surface area contributed by atoms with Crippen molar-refractivity contribution >= 4 is 11.6 Å². The summed E-state index contributed by atoms with van der Waals surface area (Å²) < 4.78 is 0. The molecule has 0 saturated heterocycles. The predicted octanol–water partition coefficient (Wildman–Crippen LogP) is 3.74. The van der Waals surface area contributed by atoms with E-state index in [2.05, 4.69) is 50.4 Å². The second-order valence-electron chi connectivity index (χ2n) is 4.84. The molecule has 2 heteroatoms. The van der Waals surface area contributed by atoms with Crippen LogP contribution < -0.4 is 5.32 Å². The predicted molar refractivity (Wildman–Crippen MR) is 72.0 cm³/mol. The first-order valence-electron chi connectivity index (χ1n) is 5.98. The first-order valence-corrected chi connectivity index (χ1v) is 6.42. The van der Waals surface area contributed by atoms with Crippen molar-refractivity contribution in [2.75, 3.05) is 6.54 Å². The van der Waals surface area contributed by atoms with Gasteiger partial charge in [-0.25, -0.2) is 0 Å². The minimum atomic E-state index is 0.241. The molecule has 1 aromatic rings. The molecule has 0 radical (unpaired) electrons. The lowest BCUT2D eigenvalue weighted by atomic mass is 10.1. The van der Waals surface area contributed by atoms with Gasteiger partial charge >= 0.3 is 0 Å². The zero-order valence-corrected chi connectivity index (χ0v) is 11.2. The maximum absolute atomic E-state index is 6.20. The Morgan fingerprint density at radius 1 is 1.19 bits per heavy atom. The van der Waals surface area contributed by atoms with Crippen LogP contribution in [0.25, 0.3) is 0 Å². The van der Waals surface area contributed by atoms with Crippen LogP contribution in [0.4, 0.5) is 0 Å². The first kappa shape index (κ1) is 13.5. The van der Waals surface area contributed by atoms with Crippen LogP contribution in [-0.4, -0.2) is 11.9 Å². The van der Waals surface area contributed by atoms with Crippen LogP contribution in [0.3, 0.4) is 0 Å². The number of halogens is 1. The smallest absolute Gasteiger partial charge is 0.0463 e. The molecule has 0 aliphatic carbocycles. The fourth-order valence-corrected chi connectivity index (χ4v) is 2.14. The number of benzene rings is 1. The highest BCUT2D eigenvalue weighted by Crippen LogP contribution is 2.10. The number of rotatable bonds is 6. The van der Waals surface area contributed by atoms with Gasteiger partial charge < -0.3 is 5.32 Å². The van der Waals surface area contributed by atoms with Gasteiger partial charge in [-0.15, -0.1) is 11.6 Å². The molecule has 0 aliphatic rings. The molecule has 1 atom stereocenters. The van der Waals surface area contributed by atoms with E-state index in [9.17, 15) is 0 Å². The summed E-state index contributed by atoms with van der Waals surface area (Å²) in [5.74, 6) is 0.670. The SMILES string of the molecule is Cc1ccc(CNCC(Cl)CC(C)C)cc1. The second kappa shape index (κ2) is 6.93. The average molecular weight is 240 g/mol. The molecule has 1 unspecified atom stereocenters. The van der Waals surface area contributed by atoms with Crippen molar-refractivity contribution in [1.29, 1.82) is 0 Å². The number of nitrogens with one attached hydrogen (secondary N) is 1. The van der Waals surface area contributed by atoms with Gasteiger partial charge in [0.2, 0.25) is 0 Å². The van der Waals surface area contributed by atoms with Gasteiger partial charge in [0, 0.05) is 18.5 Å². The number of aryl methyl sites for hydroxylation is 1. The van der Waals surface area contributed by atoms with Crippen molar-refractivity contribution in [3.63, 3.8) is 0 Å². The van der Waals surface area contributed by atoms with Crippen LogP contribution in [0.2, 0.25) is 0 Å². The third-order valence-corrected chi connectivity index (χ3v) is 2.88. The number of hydrogen-bond acceptors (Lipinski definition) is 1. The minimum absolute atomic E-state index is 0.241. The van der Waals surface area contributed by atoms with E-state index in [-0.39, 0.29) is 5.38 Å². The molecule has 1 N–H and O–H groups in total. The summed E-state index contributed by atoms with van der Waals surface area (Å²) in [4.78, 5) is 0. The van der Waals surface area contributed by atoms with Crippen molar-refractivity contribution in [2.24, 2.45) is 5.92 Å².